The smallest absolute Gasteiger partial charge is 0.410 e. The van der Waals surface area contributed by atoms with E-state index >= 15 is 0 Å². The summed E-state index contributed by atoms with van der Waals surface area (Å²) in [5.41, 5.74) is 3.18. The molecule has 2 heterocycles. The van der Waals surface area contributed by atoms with Gasteiger partial charge in [-0.1, -0.05) is 48.0 Å². The average molecular weight is 350 g/mol. The summed E-state index contributed by atoms with van der Waals surface area (Å²) in [6.45, 7) is 2.76. The minimum absolute atomic E-state index is 0.365. The van der Waals surface area contributed by atoms with Crippen LogP contribution in [0.2, 0.25) is 0 Å². The molecule has 2 aromatic carbocycles. The molecule has 2 saturated heterocycles. The predicted octanol–water partition coefficient (Wildman–Crippen LogP) is 4.28. The standard InChI is InChI=1S/C22H26N2O2/c1-15-5-4-6-17(11-15)20-7-2-3-8-21(20)26-22(25)23-14-16-12-18-9-10-19(13-16)24-18/h2-8,11,16,18-19,24H,9-10,12-14H2,1H3,(H,23,25). The van der Waals surface area contributed by atoms with Crippen LogP contribution in [0.1, 0.15) is 31.2 Å². The highest BCUT2D eigenvalue weighted by Gasteiger charge is 2.33. The number of hydrogen-bond donors (Lipinski definition) is 2. The molecule has 4 heteroatoms. The Morgan fingerprint density at radius 2 is 1.88 bits per heavy atom. The first-order valence-electron chi connectivity index (χ1n) is 9.55. The quantitative estimate of drug-likeness (QED) is 0.865. The lowest BCUT2D eigenvalue weighted by Gasteiger charge is -2.29. The summed E-state index contributed by atoms with van der Waals surface area (Å²) in [5.74, 6) is 1.15. The average Bonchev–Trinajstić information content (AvgIpc) is 2.98. The molecule has 2 aliphatic rings. The van der Waals surface area contributed by atoms with Gasteiger partial charge in [0, 0.05) is 24.2 Å². The highest BCUT2D eigenvalue weighted by molar-refractivity contribution is 5.77. The second-order valence-corrected chi connectivity index (χ2v) is 7.61. The number of carbonyl (C=O) groups excluding carboxylic acids is 1. The van der Waals surface area contributed by atoms with Crippen molar-refractivity contribution < 1.29 is 9.53 Å². The minimum Gasteiger partial charge on any atom is -0.410 e. The fourth-order valence-corrected chi connectivity index (χ4v) is 4.31. The van der Waals surface area contributed by atoms with E-state index in [4.69, 9.17) is 4.74 Å². The first-order chi connectivity index (χ1) is 12.7. The van der Waals surface area contributed by atoms with Crippen molar-refractivity contribution in [3.05, 3.63) is 54.1 Å². The summed E-state index contributed by atoms with van der Waals surface area (Å²) >= 11 is 0. The Morgan fingerprint density at radius 1 is 1.12 bits per heavy atom. The summed E-state index contributed by atoms with van der Waals surface area (Å²) in [6, 6.07) is 17.2. The molecule has 2 bridgehead atoms. The Bertz CT molecular complexity index is 777. The zero-order chi connectivity index (χ0) is 17.9. The van der Waals surface area contributed by atoms with Crippen molar-refractivity contribution in [3.8, 4) is 16.9 Å². The van der Waals surface area contributed by atoms with Gasteiger partial charge in [0.1, 0.15) is 5.75 Å². The van der Waals surface area contributed by atoms with E-state index in [1.54, 1.807) is 0 Å². The van der Waals surface area contributed by atoms with Gasteiger partial charge >= 0.3 is 6.09 Å². The molecule has 2 unspecified atom stereocenters. The van der Waals surface area contributed by atoms with Crippen LogP contribution in [0, 0.1) is 12.8 Å². The SMILES string of the molecule is Cc1cccc(-c2ccccc2OC(=O)NCC2CC3CCC(C2)N3)c1. The van der Waals surface area contributed by atoms with Gasteiger partial charge in [0.15, 0.2) is 0 Å². The van der Waals surface area contributed by atoms with E-state index in [2.05, 4.69) is 29.7 Å². The van der Waals surface area contributed by atoms with Crippen LogP contribution in [0.4, 0.5) is 4.79 Å². The molecule has 2 aliphatic heterocycles. The molecular weight excluding hydrogens is 324 g/mol. The third-order valence-corrected chi connectivity index (χ3v) is 5.52. The minimum atomic E-state index is -0.365. The van der Waals surface area contributed by atoms with Crippen molar-refractivity contribution in [1.82, 2.24) is 10.6 Å². The molecule has 1 amide bonds. The van der Waals surface area contributed by atoms with Gasteiger partial charge in [0.25, 0.3) is 0 Å². The Hall–Kier alpha value is -2.33. The number of rotatable bonds is 4. The fraction of sp³-hybridized carbons (Fsp3) is 0.409. The summed E-state index contributed by atoms with van der Waals surface area (Å²) in [4.78, 5) is 12.3. The van der Waals surface area contributed by atoms with E-state index in [9.17, 15) is 4.79 Å². The molecule has 2 aromatic rings. The van der Waals surface area contributed by atoms with Crippen LogP contribution in [-0.2, 0) is 0 Å². The molecule has 136 valence electrons. The Labute approximate surface area is 155 Å². The van der Waals surface area contributed by atoms with E-state index < -0.39 is 0 Å². The van der Waals surface area contributed by atoms with Gasteiger partial charge in [-0.2, -0.15) is 0 Å². The molecular formula is C22H26N2O2. The molecule has 0 spiro atoms. The van der Waals surface area contributed by atoms with Gasteiger partial charge in [-0.25, -0.2) is 4.79 Å². The fourth-order valence-electron chi connectivity index (χ4n) is 4.31. The lowest BCUT2D eigenvalue weighted by atomic mass is 9.92. The number of piperidine rings is 1. The van der Waals surface area contributed by atoms with Gasteiger partial charge in [-0.15, -0.1) is 0 Å². The molecule has 0 aromatic heterocycles. The van der Waals surface area contributed by atoms with Crippen LogP contribution in [0.3, 0.4) is 0 Å². The zero-order valence-corrected chi connectivity index (χ0v) is 15.2. The number of nitrogens with one attached hydrogen (secondary N) is 2. The Balaban J connectivity index is 1.39. The van der Waals surface area contributed by atoms with Crippen LogP contribution in [-0.4, -0.2) is 24.7 Å². The number of hydrogen-bond acceptors (Lipinski definition) is 3. The molecule has 0 aliphatic carbocycles. The van der Waals surface area contributed by atoms with E-state index in [1.807, 2.05) is 36.4 Å². The first kappa shape index (κ1) is 17.1. The number of para-hydroxylation sites is 1. The number of fused-ring (bicyclic) bond motifs is 2. The Kier molecular flexibility index (Phi) is 4.93. The monoisotopic (exact) mass is 350 g/mol. The molecule has 2 N–H and O–H groups in total. The normalized spacial score (nSPS) is 24.3. The van der Waals surface area contributed by atoms with Gasteiger partial charge in [0.2, 0.25) is 0 Å². The van der Waals surface area contributed by atoms with Crippen LogP contribution in [0.25, 0.3) is 11.1 Å². The van der Waals surface area contributed by atoms with Crippen LogP contribution >= 0.6 is 0 Å². The van der Waals surface area contributed by atoms with Gasteiger partial charge in [-0.3, -0.25) is 0 Å². The third kappa shape index (κ3) is 3.91. The van der Waals surface area contributed by atoms with Crippen molar-refractivity contribution in [2.24, 2.45) is 5.92 Å². The van der Waals surface area contributed by atoms with E-state index in [0.717, 1.165) is 24.0 Å². The lowest BCUT2D eigenvalue weighted by Crippen LogP contribution is -2.42. The zero-order valence-electron chi connectivity index (χ0n) is 15.2. The van der Waals surface area contributed by atoms with Crippen molar-refractivity contribution in [2.45, 2.75) is 44.7 Å². The number of benzene rings is 2. The van der Waals surface area contributed by atoms with Crippen LogP contribution in [0.5, 0.6) is 5.75 Å². The summed E-state index contributed by atoms with van der Waals surface area (Å²) in [6.07, 6.45) is 4.48. The van der Waals surface area contributed by atoms with Crippen LogP contribution in [0.15, 0.2) is 48.5 Å². The second kappa shape index (κ2) is 7.50. The largest absolute Gasteiger partial charge is 0.412 e. The predicted molar refractivity (Wildman–Crippen MR) is 103 cm³/mol. The topological polar surface area (TPSA) is 50.4 Å². The molecule has 26 heavy (non-hydrogen) atoms. The molecule has 0 saturated carbocycles. The maximum atomic E-state index is 12.3. The van der Waals surface area contributed by atoms with Gasteiger partial charge in [0.05, 0.1) is 0 Å². The van der Waals surface area contributed by atoms with Crippen molar-refractivity contribution in [2.75, 3.05) is 6.54 Å². The third-order valence-electron chi connectivity index (χ3n) is 5.52. The number of carbonyl (C=O) groups is 1. The highest BCUT2D eigenvalue weighted by atomic mass is 16.6. The molecule has 4 rings (SSSR count). The first-order valence-corrected chi connectivity index (χ1v) is 9.55. The van der Waals surface area contributed by atoms with Gasteiger partial charge in [-0.05, 0) is 50.2 Å². The van der Waals surface area contributed by atoms with E-state index in [0.29, 0.717) is 30.3 Å². The second-order valence-electron chi connectivity index (χ2n) is 7.61. The number of amides is 1. The highest BCUT2D eigenvalue weighted by Crippen LogP contribution is 2.31. The summed E-state index contributed by atoms with van der Waals surface area (Å²) in [7, 11) is 0. The lowest BCUT2D eigenvalue weighted by molar-refractivity contribution is 0.195. The molecule has 2 fully saturated rings. The molecule has 4 nitrogen and oxygen atoms in total. The number of aryl methyl sites for hydroxylation is 1. The van der Waals surface area contributed by atoms with Crippen molar-refractivity contribution in [3.63, 3.8) is 0 Å². The van der Waals surface area contributed by atoms with Crippen LogP contribution < -0.4 is 15.4 Å². The summed E-state index contributed by atoms with van der Waals surface area (Å²) < 4.78 is 5.63. The molecule has 2 atom stereocenters. The maximum absolute atomic E-state index is 12.3. The Morgan fingerprint density at radius 3 is 2.65 bits per heavy atom. The van der Waals surface area contributed by atoms with E-state index in [1.165, 1.54) is 18.4 Å². The van der Waals surface area contributed by atoms with Crippen molar-refractivity contribution in [1.29, 1.82) is 0 Å². The van der Waals surface area contributed by atoms with Gasteiger partial charge < -0.3 is 15.4 Å². The maximum Gasteiger partial charge on any atom is 0.412 e. The molecule has 0 radical (unpaired) electrons. The summed E-state index contributed by atoms with van der Waals surface area (Å²) in [5, 5.41) is 6.60. The van der Waals surface area contributed by atoms with Crippen molar-refractivity contribution >= 4 is 6.09 Å². The van der Waals surface area contributed by atoms with E-state index in [-0.39, 0.29) is 6.09 Å². The number of ether oxygens (including phenoxy) is 1.